The Hall–Kier alpha value is -2.09. The molecular formula is C12H11FN2O4S. The van der Waals surface area contributed by atoms with E-state index in [-0.39, 0.29) is 11.3 Å². The summed E-state index contributed by atoms with van der Waals surface area (Å²) in [4.78, 5) is 34.6. The number of thioether (sulfide) groups is 1. The molecule has 1 aliphatic heterocycles. The van der Waals surface area contributed by atoms with Crippen molar-refractivity contribution in [2.45, 2.75) is 17.3 Å². The number of alkyl halides is 1. The normalized spacial score (nSPS) is 22.1. The van der Waals surface area contributed by atoms with Crippen LogP contribution >= 0.6 is 11.8 Å². The summed E-state index contributed by atoms with van der Waals surface area (Å²) < 4.78 is 13.9. The number of carbonyl (C=O) groups excluding carboxylic acids is 2. The van der Waals surface area contributed by atoms with E-state index in [0.29, 0.717) is 11.8 Å². The number of aliphatic carboxylic acids is 1. The Morgan fingerprint density at radius 3 is 2.75 bits per heavy atom. The molecule has 20 heavy (non-hydrogen) atoms. The highest BCUT2D eigenvalue weighted by molar-refractivity contribution is 8.01. The third-order valence-electron chi connectivity index (χ3n) is 2.76. The minimum atomic E-state index is -1.69. The number of nitrogens with zero attached hydrogens (tertiary/aromatic N) is 1. The average molecular weight is 298 g/mol. The van der Waals surface area contributed by atoms with Crippen LogP contribution in [-0.4, -0.2) is 33.8 Å². The van der Waals surface area contributed by atoms with Gasteiger partial charge in [0.15, 0.2) is 0 Å². The number of benzene rings is 1. The molecule has 0 radical (unpaired) electrons. The van der Waals surface area contributed by atoms with Crippen molar-refractivity contribution in [1.29, 1.82) is 0 Å². The Morgan fingerprint density at radius 2 is 2.15 bits per heavy atom. The number of carboxylic acids is 1. The minimum Gasteiger partial charge on any atom is -0.481 e. The summed E-state index contributed by atoms with van der Waals surface area (Å²) in [5.41, 5.74) is 3.77. The molecule has 1 aromatic carbocycles. The summed E-state index contributed by atoms with van der Waals surface area (Å²) in [7, 11) is 0. The first-order chi connectivity index (χ1) is 9.40. The fourth-order valence-electron chi connectivity index (χ4n) is 1.86. The van der Waals surface area contributed by atoms with Gasteiger partial charge in [-0.3, -0.25) is 19.3 Å². The van der Waals surface area contributed by atoms with Gasteiger partial charge in [-0.25, -0.2) is 4.39 Å². The van der Waals surface area contributed by atoms with Gasteiger partial charge in [0, 0.05) is 11.3 Å². The number of halogens is 1. The summed E-state index contributed by atoms with van der Waals surface area (Å²) in [5.74, 6) is -2.49. The van der Waals surface area contributed by atoms with Gasteiger partial charge in [-0.15, -0.1) is 0 Å². The molecule has 1 fully saturated rings. The zero-order valence-electron chi connectivity index (χ0n) is 10.2. The molecule has 2 unspecified atom stereocenters. The molecule has 1 saturated heterocycles. The number of anilines is 1. The van der Waals surface area contributed by atoms with Crippen molar-refractivity contribution in [2.75, 3.05) is 4.90 Å². The average Bonchev–Trinajstić information content (AvgIpc) is 2.64. The van der Waals surface area contributed by atoms with Gasteiger partial charge in [-0.1, -0.05) is 17.8 Å². The first-order valence-electron chi connectivity index (χ1n) is 5.64. The fraction of sp³-hybridized carbons (Fsp3) is 0.250. The summed E-state index contributed by atoms with van der Waals surface area (Å²) >= 11 is 0.632. The van der Waals surface area contributed by atoms with Crippen molar-refractivity contribution >= 4 is 35.2 Å². The molecule has 3 N–H and O–H groups in total. The van der Waals surface area contributed by atoms with Crippen LogP contribution in [0.4, 0.5) is 10.1 Å². The number of primary amides is 1. The quantitative estimate of drug-likeness (QED) is 0.806. The Balaban J connectivity index is 2.28. The maximum Gasteiger partial charge on any atom is 0.305 e. The fourth-order valence-corrected chi connectivity index (χ4v) is 2.94. The van der Waals surface area contributed by atoms with E-state index in [1.54, 1.807) is 0 Å². The zero-order valence-corrected chi connectivity index (χ0v) is 11.0. The Kier molecular flexibility index (Phi) is 3.93. The van der Waals surface area contributed by atoms with E-state index in [0.717, 1.165) is 4.90 Å². The number of amides is 2. The van der Waals surface area contributed by atoms with Gasteiger partial charge in [0.05, 0.1) is 11.7 Å². The van der Waals surface area contributed by atoms with Gasteiger partial charge in [0.25, 0.3) is 0 Å². The molecule has 1 heterocycles. The van der Waals surface area contributed by atoms with Gasteiger partial charge in [0.2, 0.25) is 17.4 Å². The minimum absolute atomic E-state index is 0.147. The second-order valence-corrected chi connectivity index (χ2v) is 5.37. The topological polar surface area (TPSA) is 101 Å². The second kappa shape index (κ2) is 5.49. The predicted octanol–water partition coefficient (Wildman–Crippen LogP) is 0.962. The van der Waals surface area contributed by atoms with E-state index >= 15 is 0 Å². The molecule has 0 bridgehead atoms. The van der Waals surface area contributed by atoms with Crippen molar-refractivity contribution in [3.05, 3.63) is 29.8 Å². The monoisotopic (exact) mass is 298 g/mol. The van der Waals surface area contributed by atoms with E-state index in [4.69, 9.17) is 10.8 Å². The molecule has 6 nitrogen and oxygen atoms in total. The number of nitrogens with two attached hydrogens (primary N) is 1. The number of hydrogen-bond donors (Lipinski definition) is 2. The molecule has 2 rings (SSSR count). The highest BCUT2D eigenvalue weighted by atomic mass is 32.2. The summed E-state index contributed by atoms with van der Waals surface area (Å²) in [6.07, 6.45) is -0.448. The predicted molar refractivity (Wildman–Crippen MR) is 71.0 cm³/mol. The lowest BCUT2D eigenvalue weighted by atomic mass is 10.1. The van der Waals surface area contributed by atoms with Crippen LogP contribution in [0.5, 0.6) is 0 Å². The standard InChI is InChI=1S/C12H11FN2O4S/c13-12-15(11(19)8(20-12)5-9(16)17)7-3-1-2-6(4-7)10(14)18/h1-4,8,12H,5H2,(H2,14,18)(H,16,17). The van der Waals surface area contributed by atoms with Crippen LogP contribution in [0.25, 0.3) is 0 Å². The summed E-state index contributed by atoms with van der Waals surface area (Å²) in [6.45, 7) is 0. The van der Waals surface area contributed by atoms with Crippen LogP contribution in [0.1, 0.15) is 16.8 Å². The van der Waals surface area contributed by atoms with E-state index < -0.39 is 35.1 Å². The van der Waals surface area contributed by atoms with Gasteiger partial charge >= 0.3 is 5.97 Å². The van der Waals surface area contributed by atoms with Crippen molar-refractivity contribution in [2.24, 2.45) is 5.73 Å². The molecular weight excluding hydrogens is 287 g/mol. The lowest BCUT2D eigenvalue weighted by Gasteiger charge is -2.18. The van der Waals surface area contributed by atoms with E-state index in [1.165, 1.54) is 24.3 Å². The largest absolute Gasteiger partial charge is 0.481 e. The van der Waals surface area contributed by atoms with E-state index in [1.807, 2.05) is 0 Å². The highest BCUT2D eigenvalue weighted by Gasteiger charge is 2.42. The third kappa shape index (κ3) is 2.74. The molecule has 2 atom stereocenters. The Labute approximate surface area is 117 Å². The first kappa shape index (κ1) is 14.3. The van der Waals surface area contributed by atoms with Crippen LogP contribution in [0.3, 0.4) is 0 Å². The third-order valence-corrected chi connectivity index (χ3v) is 3.89. The highest BCUT2D eigenvalue weighted by Crippen LogP contribution is 2.37. The molecule has 106 valence electrons. The van der Waals surface area contributed by atoms with Crippen LogP contribution in [0.15, 0.2) is 24.3 Å². The molecule has 1 aromatic rings. The lowest BCUT2D eigenvalue weighted by molar-refractivity contribution is -0.138. The smallest absolute Gasteiger partial charge is 0.305 e. The molecule has 0 aromatic heterocycles. The second-order valence-electron chi connectivity index (χ2n) is 4.14. The molecule has 2 amide bonds. The number of carboxylic acid groups (broad SMARTS) is 1. The van der Waals surface area contributed by atoms with Crippen LogP contribution in [0, 0.1) is 0 Å². The van der Waals surface area contributed by atoms with Crippen LogP contribution in [-0.2, 0) is 9.59 Å². The molecule has 0 saturated carbocycles. The maximum absolute atomic E-state index is 13.9. The van der Waals surface area contributed by atoms with Gasteiger partial charge < -0.3 is 10.8 Å². The van der Waals surface area contributed by atoms with Gasteiger partial charge in [0.1, 0.15) is 0 Å². The SMILES string of the molecule is NC(=O)c1cccc(N2C(=O)C(CC(=O)O)SC2F)c1. The van der Waals surface area contributed by atoms with E-state index in [2.05, 4.69) is 0 Å². The van der Waals surface area contributed by atoms with Crippen molar-refractivity contribution in [1.82, 2.24) is 0 Å². The summed E-state index contributed by atoms with van der Waals surface area (Å²) in [5, 5.41) is 7.71. The van der Waals surface area contributed by atoms with Crippen molar-refractivity contribution < 1.29 is 23.9 Å². The molecule has 0 aliphatic carbocycles. The van der Waals surface area contributed by atoms with Gasteiger partial charge in [-0.05, 0) is 18.2 Å². The number of rotatable bonds is 4. The molecule has 0 spiro atoms. The zero-order chi connectivity index (χ0) is 14.9. The number of carbonyl (C=O) groups is 3. The maximum atomic E-state index is 13.9. The van der Waals surface area contributed by atoms with Crippen molar-refractivity contribution in [3.8, 4) is 0 Å². The number of hydrogen-bond acceptors (Lipinski definition) is 4. The van der Waals surface area contributed by atoms with E-state index in [9.17, 15) is 18.8 Å². The Bertz CT molecular complexity index is 580. The van der Waals surface area contributed by atoms with Crippen molar-refractivity contribution in [3.63, 3.8) is 0 Å². The molecule has 1 aliphatic rings. The van der Waals surface area contributed by atoms with Gasteiger partial charge in [-0.2, -0.15) is 0 Å². The first-order valence-corrected chi connectivity index (χ1v) is 6.58. The van der Waals surface area contributed by atoms with Crippen LogP contribution < -0.4 is 10.6 Å². The molecule has 8 heteroatoms. The Morgan fingerprint density at radius 1 is 1.45 bits per heavy atom. The van der Waals surface area contributed by atoms with Crippen LogP contribution in [0.2, 0.25) is 0 Å². The lowest BCUT2D eigenvalue weighted by Crippen LogP contribution is -2.33. The summed E-state index contributed by atoms with van der Waals surface area (Å²) in [6, 6.07) is 5.68.